The van der Waals surface area contributed by atoms with Crippen LogP contribution in [-0.4, -0.2) is 22.1 Å². The van der Waals surface area contributed by atoms with Crippen LogP contribution < -0.4 is 16.0 Å². The van der Waals surface area contributed by atoms with Gasteiger partial charge in [-0.15, -0.1) is 0 Å². The van der Waals surface area contributed by atoms with Crippen LogP contribution in [0.25, 0.3) is 11.4 Å². The maximum absolute atomic E-state index is 12.3. The zero-order valence-corrected chi connectivity index (χ0v) is 18.2. The SMILES string of the molecule is O=C(CCc1nc(-c2ccc(Cl)cc2)no1)Nc1ccc(NC(=O)Nc2ccccc2)cc1. The molecule has 0 spiro atoms. The van der Waals surface area contributed by atoms with E-state index in [-0.39, 0.29) is 18.4 Å². The van der Waals surface area contributed by atoms with Gasteiger partial charge in [-0.2, -0.15) is 4.98 Å². The second-order valence-electron chi connectivity index (χ2n) is 7.09. The summed E-state index contributed by atoms with van der Waals surface area (Å²) in [6.45, 7) is 0. The van der Waals surface area contributed by atoms with Crippen molar-refractivity contribution in [3.63, 3.8) is 0 Å². The van der Waals surface area contributed by atoms with Crippen molar-refractivity contribution < 1.29 is 14.1 Å². The highest BCUT2D eigenvalue weighted by atomic mass is 35.5. The summed E-state index contributed by atoms with van der Waals surface area (Å²) in [6.07, 6.45) is 0.494. The highest BCUT2D eigenvalue weighted by Gasteiger charge is 2.11. The molecule has 0 atom stereocenters. The minimum atomic E-state index is -0.351. The van der Waals surface area contributed by atoms with Crippen LogP contribution in [0, 0.1) is 0 Å². The quantitative estimate of drug-likeness (QED) is 0.331. The third-order valence-electron chi connectivity index (χ3n) is 4.59. The predicted molar refractivity (Wildman–Crippen MR) is 127 cm³/mol. The Morgan fingerprint density at radius 1 is 0.788 bits per heavy atom. The molecule has 3 N–H and O–H groups in total. The monoisotopic (exact) mass is 461 g/mol. The molecule has 4 aromatic rings. The first-order valence-corrected chi connectivity index (χ1v) is 10.5. The first kappa shape index (κ1) is 22.0. The maximum Gasteiger partial charge on any atom is 0.323 e. The number of benzene rings is 3. The molecule has 3 amide bonds. The number of para-hydroxylation sites is 1. The van der Waals surface area contributed by atoms with Gasteiger partial charge in [0.05, 0.1) is 0 Å². The van der Waals surface area contributed by atoms with Crippen LogP contribution in [0.2, 0.25) is 5.02 Å². The molecular formula is C24H20ClN5O3. The van der Waals surface area contributed by atoms with Crippen molar-refractivity contribution in [3.8, 4) is 11.4 Å². The van der Waals surface area contributed by atoms with Crippen molar-refractivity contribution in [2.45, 2.75) is 12.8 Å². The van der Waals surface area contributed by atoms with Gasteiger partial charge in [0, 0.05) is 40.5 Å². The Hall–Kier alpha value is -4.17. The molecule has 4 rings (SSSR count). The highest BCUT2D eigenvalue weighted by molar-refractivity contribution is 6.30. The molecule has 166 valence electrons. The number of aromatic nitrogens is 2. The van der Waals surface area contributed by atoms with Crippen LogP contribution in [-0.2, 0) is 11.2 Å². The zero-order chi connectivity index (χ0) is 23.0. The van der Waals surface area contributed by atoms with Crippen LogP contribution in [0.4, 0.5) is 21.9 Å². The lowest BCUT2D eigenvalue weighted by Crippen LogP contribution is -2.19. The first-order valence-electron chi connectivity index (χ1n) is 10.2. The van der Waals surface area contributed by atoms with Crippen molar-refractivity contribution in [2.75, 3.05) is 16.0 Å². The average Bonchev–Trinajstić information content (AvgIpc) is 3.29. The minimum absolute atomic E-state index is 0.182. The standard InChI is InChI=1S/C24H20ClN5O3/c25-17-8-6-16(7-9-17)23-29-22(33-30-23)15-14-21(31)26-19-10-12-20(13-11-19)28-24(32)27-18-4-2-1-3-5-18/h1-13H,14-15H2,(H,26,31)(H2,27,28,32). The van der Waals surface area contributed by atoms with Crippen molar-refractivity contribution in [3.05, 3.63) is 89.8 Å². The lowest BCUT2D eigenvalue weighted by atomic mass is 10.2. The van der Waals surface area contributed by atoms with Gasteiger partial charge in [-0.1, -0.05) is 35.0 Å². The van der Waals surface area contributed by atoms with Crippen LogP contribution in [0.15, 0.2) is 83.4 Å². The van der Waals surface area contributed by atoms with E-state index in [0.29, 0.717) is 40.2 Å². The number of carbonyl (C=O) groups is 2. The molecule has 1 aromatic heterocycles. The molecular weight excluding hydrogens is 442 g/mol. The summed E-state index contributed by atoms with van der Waals surface area (Å²) in [7, 11) is 0. The lowest BCUT2D eigenvalue weighted by molar-refractivity contribution is -0.116. The normalized spacial score (nSPS) is 10.5. The van der Waals surface area contributed by atoms with Gasteiger partial charge in [0.15, 0.2) is 0 Å². The Bertz CT molecular complexity index is 1230. The largest absolute Gasteiger partial charge is 0.339 e. The molecule has 0 saturated carbocycles. The van der Waals surface area contributed by atoms with Crippen LogP contribution in [0.5, 0.6) is 0 Å². The topological polar surface area (TPSA) is 109 Å². The Morgan fingerprint density at radius 3 is 2.06 bits per heavy atom. The van der Waals surface area contributed by atoms with Gasteiger partial charge >= 0.3 is 6.03 Å². The fourth-order valence-corrected chi connectivity index (χ4v) is 3.09. The number of hydrogen-bond donors (Lipinski definition) is 3. The molecule has 0 saturated heterocycles. The van der Waals surface area contributed by atoms with Crippen molar-refractivity contribution in [2.24, 2.45) is 0 Å². The third kappa shape index (κ3) is 6.41. The van der Waals surface area contributed by atoms with E-state index >= 15 is 0 Å². The van der Waals surface area contributed by atoms with Crippen molar-refractivity contribution in [1.29, 1.82) is 0 Å². The highest BCUT2D eigenvalue weighted by Crippen LogP contribution is 2.19. The average molecular weight is 462 g/mol. The van der Waals surface area contributed by atoms with E-state index in [4.69, 9.17) is 16.1 Å². The zero-order valence-electron chi connectivity index (χ0n) is 17.4. The van der Waals surface area contributed by atoms with Crippen molar-refractivity contribution in [1.82, 2.24) is 10.1 Å². The number of aryl methyl sites for hydroxylation is 1. The van der Waals surface area contributed by atoms with Gasteiger partial charge in [-0.3, -0.25) is 4.79 Å². The second kappa shape index (κ2) is 10.4. The number of carbonyl (C=O) groups excluding carboxylic acids is 2. The number of rotatable bonds is 7. The van der Waals surface area contributed by atoms with E-state index < -0.39 is 0 Å². The lowest BCUT2D eigenvalue weighted by Gasteiger charge is -2.09. The second-order valence-corrected chi connectivity index (χ2v) is 7.53. The van der Waals surface area contributed by atoms with Crippen LogP contribution >= 0.6 is 11.6 Å². The molecule has 0 bridgehead atoms. The molecule has 8 nitrogen and oxygen atoms in total. The molecule has 33 heavy (non-hydrogen) atoms. The van der Waals surface area contributed by atoms with Gasteiger partial charge in [-0.25, -0.2) is 4.79 Å². The number of amides is 3. The van der Waals surface area contributed by atoms with Crippen LogP contribution in [0.3, 0.4) is 0 Å². The van der Waals surface area contributed by atoms with Gasteiger partial charge in [-0.05, 0) is 60.7 Å². The number of nitrogens with zero attached hydrogens (tertiary/aromatic N) is 2. The van der Waals surface area contributed by atoms with Gasteiger partial charge < -0.3 is 20.5 Å². The number of hydrogen-bond acceptors (Lipinski definition) is 5. The summed E-state index contributed by atoms with van der Waals surface area (Å²) in [5.74, 6) is 0.629. The summed E-state index contributed by atoms with van der Waals surface area (Å²) in [5, 5.41) is 12.8. The van der Waals surface area contributed by atoms with E-state index in [1.54, 1.807) is 60.7 Å². The van der Waals surface area contributed by atoms with E-state index in [1.807, 2.05) is 18.2 Å². The summed E-state index contributed by atoms with van der Waals surface area (Å²) in [5.41, 5.74) is 2.69. The molecule has 0 aliphatic rings. The van der Waals surface area contributed by atoms with E-state index in [0.717, 1.165) is 5.56 Å². The number of urea groups is 1. The fraction of sp³-hybridized carbons (Fsp3) is 0.0833. The third-order valence-corrected chi connectivity index (χ3v) is 4.85. The molecule has 0 aliphatic carbocycles. The summed E-state index contributed by atoms with van der Waals surface area (Å²) < 4.78 is 5.22. The first-order chi connectivity index (χ1) is 16.0. The molecule has 1 heterocycles. The molecule has 3 aromatic carbocycles. The minimum Gasteiger partial charge on any atom is -0.339 e. The maximum atomic E-state index is 12.3. The van der Waals surface area contributed by atoms with E-state index in [9.17, 15) is 9.59 Å². The Balaban J connectivity index is 1.24. The Morgan fingerprint density at radius 2 is 1.39 bits per heavy atom. The number of anilines is 3. The Kier molecular flexibility index (Phi) is 6.96. The molecule has 9 heteroatoms. The molecule has 0 aliphatic heterocycles. The van der Waals surface area contributed by atoms with Crippen molar-refractivity contribution >= 4 is 40.6 Å². The molecule has 0 radical (unpaired) electrons. The smallest absolute Gasteiger partial charge is 0.323 e. The summed E-state index contributed by atoms with van der Waals surface area (Å²) >= 11 is 5.89. The number of halogens is 1. The fourth-order valence-electron chi connectivity index (χ4n) is 2.97. The summed E-state index contributed by atoms with van der Waals surface area (Å²) in [4.78, 5) is 28.6. The Labute approximate surface area is 195 Å². The predicted octanol–water partition coefficient (Wildman–Crippen LogP) is 5.61. The van der Waals surface area contributed by atoms with E-state index in [2.05, 4.69) is 26.1 Å². The van der Waals surface area contributed by atoms with Gasteiger partial charge in [0.2, 0.25) is 17.6 Å². The van der Waals surface area contributed by atoms with E-state index in [1.165, 1.54) is 0 Å². The number of nitrogens with one attached hydrogen (secondary N) is 3. The molecule has 0 unspecified atom stereocenters. The molecule has 0 fully saturated rings. The summed E-state index contributed by atoms with van der Waals surface area (Å²) in [6, 6.07) is 22.7. The van der Waals surface area contributed by atoms with Gasteiger partial charge in [0.25, 0.3) is 0 Å². The van der Waals surface area contributed by atoms with Crippen LogP contribution in [0.1, 0.15) is 12.3 Å². The van der Waals surface area contributed by atoms with Gasteiger partial charge in [0.1, 0.15) is 0 Å².